The Kier molecular flexibility index (Phi) is 56.9. The second kappa shape index (κ2) is 59.8. The Balaban J connectivity index is 4.15. The zero-order chi connectivity index (χ0) is 58.4. The van der Waals surface area contributed by atoms with Crippen molar-refractivity contribution in [3.8, 4) is 0 Å². The number of phosphoric acid groups is 1. The number of ether oxygens (including phenoxy) is 2. The van der Waals surface area contributed by atoms with Crippen LogP contribution in [0, 0.1) is 0 Å². The highest BCUT2D eigenvalue weighted by atomic mass is 31.2. The van der Waals surface area contributed by atoms with E-state index in [1.165, 1.54) is 83.5 Å². The van der Waals surface area contributed by atoms with Crippen molar-refractivity contribution in [2.45, 2.75) is 251 Å². The fourth-order valence-corrected chi connectivity index (χ4v) is 9.06. The quantitative estimate of drug-likeness (QED) is 0.0195. The molecule has 0 bridgehead atoms. The summed E-state index contributed by atoms with van der Waals surface area (Å²) in [7, 11) is 1.15. The van der Waals surface area contributed by atoms with Crippen molar-refractivity contribution in [1.29, 1.82) is 0 Å². The van der Waals surface area contributed by atoms with E-state index in [4.69, 9.17) is 18.5 Å². The first-order valence-corrected chi connectivity index (χ1v) is 33.4. The summed E-state index contributed by atoms with van der Waals surface area (Å²) in [6, 6.07) is 0. The lowest BCUT2D eigenvalue weighted by molar-refractivity contribution is -0.870. The molecule has 0 saturated carbocycles. The molecule has 0 aliphatic rings. The number of carbonyl (C=O) groups is 2. The normalized spacial score (nSPS) is 14.1. The maximum atomic E-state index is 12.8. The largest absolute Gasteiger partial charge is 0.756 e. The molecule has 80 heavy (non-hydrogen) atoms. The van der Waals surface area contributed by atoms with Gasteiger partial charge in [-0.1, -0.05) is 257 Å². The zero-order valence-corrected chi connectivity index (χ0v) is 52.6. The molecule has 0 saturated heterocycles. The molecule has 0 aromatic heterocycles. The van der Waals surface area contributed by atoms with Gasteiger partial charge in [0.2, 0.25) is 0 Å². The summed E-state index contributed by atoms with van der Waals surface area (Å²) in [4.78, 5) is 38.0. The van der Waals surface area contributed by atoms with E-state index in [0.29, 0.717) is 17.4 Å². The van der Waals surface area contributed by atoms with E-state index in [9.17, 15) is 19.0 Å². The van der Waals surface area contributed by atoms with Gasteiger partial charge in [0.05, 0.1) is 27.7 Å². The summed E-state index contributed by atoms with van der Waals surface area (Å²) in [6.07, 6.45) is 86.4. The summed E-state index contributed by atoms with van der Waals surface area (Å²) >= 11 is 0. The average molecular weight is 1130 g/mol. The first-order valence-electron chi connectivity index (χ1n) is 31.9. The van der Waals surface area contributed by atoms with Crippen LogP contribution in [0.15, 0.2) is 134 Å². The summed E-state index contributed by atoms with van der Waals surface area (Å²) < 4.78 is 34.2. The van der Waals surface area contributed by atoms with Gasteiger partial charge in [-0.3, -0.25) is 14.2 Å². The van der Waals surface area contributed by atoms with Crippen LogP contribution < -0.4 is 4.89 Å². The van der Waals surface area contributed by atoms with E-state index in [1.807, 2.05) is 21.1 Å². The number of rotatable bonds is 57. The number of hydrogen-bond donors (Lipinski definition) is 0. The molecular formula is C70H118NO8P. The van der Waals surface area contributed by atoms with Crippen LogP contribution in [0.2, 0.25) is 0 Å². The molecule has 0 aromatic rings. The van der Waals surface area contributed by atoms with Gasteiger partial charge in [-0.2, -0.15) is 0 Å². The van der Waals surface area contributed by atoms with Crippen molar-refractivity contribution < 1.29 is 42.1 Å². The highest BCUT2D eigenvalue weighted by molar-refractivity contribution is 7.45. The number of quaternary nitrogens is 1. The maximum Gasteiger partial charge on any atom is 0.306 e. The van der Waals surface area contributed by atoms with Crippen LogP contribution in [-0.4, -0.2) is 70.0 Å². The van der Waals surface area contributed by atoms with Crippen LogP contribution in [0.4, 0.5) is 0 Å². The standard InChI is InChI=1S/C70H118NO8P/c1-6-8-10-12-14-16-18-20-22-24-26-28-30-31-32-33-34-35-36-37-38-39-41-43-45-47-49-51-53-55-57-59-61-63-70(73)79-68(67-78-80(74,75)77-65-64-71(3,4)5)66-76-69(72)62-60-58-56-54-52-50-48-46-44-42-40-29-27-25-23-21-19-17-15-13-11-9-7-2/h8-11,14-17,20-23,26-29,31-32,34-35,37-38,68H,6-7,12-13,18-19,24-25,30,33,36,39-67H2,1-5H3/b10-8-,11-9-,16-14-,17-15-,22-20-,23-21-,28-26-,29-27-,32-31-,35-34-,38-37-. The van der Waals surface area contributed by atoms with Gasteiger partial charge in [0.1, 0.15) is 19.8 Å². The molecule has 0 spiro atoms. The Labute approximate surface area is 491 Å². The van der Waals surface area contributed by atoms with Crippen LogP contribution >= 0.6 is 7.82 Å². The summed E-state index contributed by atoms with van der Waals surface area (Å²) in [5.41, 5.74) is 0. The van der Waals surface area contributed by atoms with E-state index in [2.05, 4.69) is 148 Å². The molecule has 2 atom stereocenters. The van der Waals surface area contributed by atoms with Crippen molar-refractivity contribution in [3.05, 3.63) is 134 Å². The molecule has 0 aliphatic carbocycles. The lowest BCUT2D eigenvalue weighted by Crippen LogP contribution is -2.37. The number of allylic oxidation sites excluding steroid dienone is 22. The predicted molar refractivity (Wildman–Crippen MR) is 341 cm³/mol. The average Bonchev–Trinajstić information content (AvgIpc) is 3.42. The second-order valence-electron chi connectivity index (χ2n) is 22.0. The Morgan fingerprint density at radius 2 is 0.675 bits per heavy atom. The first kappa shape index (κ1) is 76.1. The van der Waals surface area contributed by atoms with Crippen molar-refractivity contribution in [2.75, 3.05) is 47.5 Å². The van der Waals surface area contributed by atoms with E-state index >= 15 is 0 Å². The van der Waals surface area contributed by atoms with Gasteiger partial charge in [-0.15, -0.1) is 0 Å². The van der Waals surface area contributed by atoms with Gasteiger partial charge in [-0.05, 0) is 109 Å². The summed E-state index contributed by atoms with van der Waals surface area (Å²) in [5, 5.41) is 0. The van der Waals surface area contributed by atoms with Crippen molar-refractivity contribution in [3.63, 3.8) is 0 Å². The summed E-state index contributed by atoms with van der Waals surface area (Å²) in [5.74, 6) is -0.846. The Hall–Kier alpha value is -3.85. The minimum atomic E-state index is -4.65. The lowest BCUT2D eigenvalue weighted by atomic mass is 10.0. The fraction of sp³-hybridized carbons (Fsp3) is 0.657. The van der Waals surface area contributed by atoms with Crippen LogP contribution in [0.3, 0.4) is 0 Å². The molecule has 0 radical (unpaired) electrons. The van der Waals surface area contributed by atoms with Gasteiger partial charge in [-0.25, -0.2) is 0 Å². The second-order valence-corrected chi connectivity index (χ2v) is 23.4. The first-order chi connectivity index (χ1) is 39.0. The van der Waals surface area contributed by atoms with Gasteiger partial charge < -0.3 is 27.9 Å². The molecule has 0 aliphatic heterocycles. The van der Waals surface area contributed by atoms with Crippen molar-refractivity contribution in [1.82, 2.24) is 0 Å². The highest BCUT2D eigenvalue weighted by Gasteiger charge is 2.22. The third kappa shape index (κ3) is 63.3. The van der Waals surface area contributed by atoms with Gasteiger partial charge in [0, 0.05) is 12.8 Å². The molecule has 0 N–H and O–H groups in total. The Bertz CT molecular complexity index is 1810. The minimum absolute atomic E-state index is 0.0385. The van der Waals surface area contributed by atoms with Gasteiger partial charge in [0.25, 0.3) is 7.82 Å². The molecule has 10 heteroatoms. The Morgan fingerprint density at radius 1 is 0.388 bits per heavy atom. The molecule has 9 nitrogen and oxygen atoms in total. The van der Waals surface area contributed by atoms with Gasteiger partial charge >= 0.3 is 11.9 Å². The SMILES string of the molecule is CC/C=C\C/C=C\C/C=C\C/C=C\C/C=C\C/C=C\C/C=C\CCCCCCCCCCCCCC(=O)OC(COC(=O)CCCCCCCCCCCC/C=C\C/C=C\C/C=C\C/C=C\CC)COP(=O)([O-])OCC[N+](C)(C)C. The van der Waals surface area contributed by atoms with Crippen molar-refractivity contribution >= 4 is 19.8 Å². The molecule has 0 rings (SSSR count). The lowest BCUT2D eigenvalue weighted by Gasteiger charge is -2.28. The van der Waals surface area contributed by atoms with E-state index in [0.717, 1.165) is 128 Å². The smallest absolute Gasteiger partial charge is 0.306 e. The number of unbranched alkanes of at least 4 members (excludes halogenated alkanes) is 21. The molecule has 0 amide bonds. The monoisotopic (exact) mass is 1130 g/mol. The van der Waals surface area contributed by atoms with E-state index in [1.54, 1.807) is 0 Å². The number of likely N-dealkylation sites (N-methyl/N-ethyl adjacent to an activating group) is 1. The van der Waals surface area contributed by atoms with Gasteiger partial charge in [0.15, 0.2) is 6.10 Å². The summed E-state index contributed by atoms with van der Waals surface area (Å²) in [6.45, 7) is 4.00. The molecular weight excluding hydrogens is 1010 g/mol. The number of nitrogens with zero attached hydrogens (tertiary/aromatic N) is 1. The molecule has 456 valence electrons. The zero-order valence-electron chi connectivity index (χ0n) is 51.7. The third-order valence-electron chi connectivity index (χ3n) is 13.2. The fourth-order valence-electron chi connectivity index (χ4n) is 8.33. The molecule has 0 heterocycles. The van der Waals surface area contributed by atoms with Crippen LogP contribution in [0.5, 0.6) is 0 Å². The number of phosphoric ester groups is 1. The van der Waals surface area contributed by atoms with E-state index < -0.39 is 32.5 Å². The number of hydrogen-bond acceptors (Lipinski definition) is 8. The highest BCUT2D eigenvalue weighted by Crippen LogP contribution is 2.38. The Morgan fingerprint density at radius 3 is 1.00 bits per heavy atom. The van der Waals surface area contributed by atoms with Crippen LogP contribution in [0.1, 0.15) is 245 Å². The number of carbonyl (C=O) groups excluding carboxylic acids is 2. The van der Waals surface area contributed by atoms with Crippen LogP contribution in [0.25, 0.3) is 0 Å². The maximum absolute atomic E-state index is 12.8. The topological polar surface area (TPSA) is 111 Å². The van der Waals surface area contributed by atoms with Crippen molar-refractivity contribution in [2.24, 2.45) is 0 Å². The van der Waals surface area contributed by atoms with Crippen LogP contribution in [-0.2, 0) is 32.7 Å². The molecule has 0 aromatic carbocycles. The van der Waals surface area contributed by atoms with E-state index in [-0.39, 0.29) is 26.1 Å². The predicted octanol–water partition coefficient (Wildman–Crippen LogP) is 19.9. The minimum Gasteiger partial charge on any atom is -0.756 e. The number of esters is 2. The molecule has 2 unspecified atom stereocenters. The third-order valence-corrected chi connectivity index (χ3v) is 14.1. The molecule has 0 fully saturated rings.